The summed E-state index contributed by atoms with van der Waals surface area (Å²) in [5.74, 6) is 1.00. The largest absolute Gasteiger partial charge is 0.352 e. The lowest BCUT2D eigenvalue weighted by Gasteiger charge is -2.29. The van der Waals surface area contributed by atoms with E-state index in [0.717, 1.165) is 44.3 Å². The van der Waals surface area contributed by atoms with Crippen LogP contribution in [0.4, 0.5) is 0 Å². The van der Waals surface area contributed by atoms with Crippen LogP contribution in [0.25, 0.3) is 11.4 Å². The van der Waals surface area contributed by atoms with Crippen LogP contribution >= 0.6 is 0 Å². The monoisotopic (exact) mass is 438 g/mol. The van der Waals surface area contributed by atoms with Crippen molar-refractivity contribution >= 4 is 11.8 Å². The van der Waals surface area contributed by atoms with E-state index < -0.39 is 0 Å². The Balaban J connectivity index is 1.54. The molecular formula is C25H34N4O3. The zero-order valence-corrected chi connectivity index (χ0v) is 19.1. The lowest BCUT2D eigenvalue weighted by Crippen LogP contribution is -2.41. The normalized spacial score (nSPS) is 23.5. The van der Waals surface area contributed by atoms with E-state index in [1.807, 2.05) is 49.1 Å². The number of carbonyl (C=O) groups is 2. The molecule has 2 amide bonds. The van der Waals surface area contributed by atoms with Gasteiger partial charge in [0.2, 0.25) is 23.5 Å². The predicted molar refractivity (Wildman–Crippen MR) is 122 cm³/mol. The summed E-state index contributed by atoms with van der Waals surface area (Å²) >= 11 is 0. The van der Waals surface area contributed by atoms with Crippen LogP contribution in [0, 0.1) is 11.8 Å². The quantitative estimate of drug-likeness (QED) is 0.701. The molecule has 2 aromatic rings. The summed E-state index contributed by atoms with van der Waals surface area (Å²) in [6, 6.07) is 9.53. The first kappa shape index (κ1) is 22.5. The van der Waals surface area contributed by atoms with Gasteiger partial charge in [-0.15, -0.1) is 0 Å². The van der Waals surface area contributed by atoms with Gasteiger partial charge in [0.1, 0.15) is 0 Å². The second kappa shape index (κ2) is 10.3. The molecule has 3 atom stereocenters. The highest BCUT2D eigenvalue weighted by Crippen LogP contribution is 2.40. The number of nitrogens with one attached hydrogen (secondary N) is 1. The fraction of sp³-hybridized carbons (Fsp3) is 0.600. The van der Waals surface area contributed by atoms with Crippen LogP contribution in [-0.4, -0.2) is 46.0 Å². The molecule has 1 aliphatic carbocycles. The molecular weight excluding hydrogens is 404 g/mol. The van der Waals surface area contributed by atoms with Crippen LogP contribution in [0.5, 0.6) is 0 Å². The average Bonchev–Trinajstić information content (AvgIpc) is 3.48. The second-order valence-corrected chi connectivity index (χ2v) is 9.11. The molecule has 2 aliphatic rings. The lowest BCUT2D eigenvalue weighted by molar-refractivity contribution is -0.136. The van der Waals surface area contributed by atoms with Gasteiger partial charge in [-0.3, -0.25) is 9.59 Å². The van der Waals surface area contributed by atoms with Crippen LogP contribution in [0.2, 0.25) is 0 Å². The topological polar surface area (TPSA) is 88.3 Å². The number of hydrogen-bond donors (Lipinski definition) is 1. The lowest BCUT2D eigenvalue weighted by atomic mass is 9.99. The molecule has 4 rings (SSSR count). The highest BCUT2D eigenvalue weighted by molar-refractivity contribution is 5.81. The van der Waals surface area contributed by atoms with E-state index in [1.54, 1.807) is 0 Å². The molecule has 2 fully saturated rings. The fourth-order valence-corrected chi connectivity index (χ4v) is 5.09. The van der Waals surface area contributed by atoms with Gasteiger partial charge in [0, 0.05) is 36.5 Å². The first-order chi connectivity index (χ1) is 15.6. The maximum Gasteiger partial charge on any atom is 0.232 e. The van der Waals surface area contributed by atoms with Gasteiger partial charge < -0.3 is 14.7 Å². The molecule has 1 N–H and O–H groups in total. The Hall–Kier alpha value is -2.70. The zero-order chi connectivity index (χ0) is 22.5. The van der Waals surface area contributed by atoms with E-state index in [4.69, 9.17) is 4.52 Å². The smallest absolute Gasteiger partial charge is 0.232 e. The molecule has 0 spiro atoms. The van der Waals surface area contributed by atoms with Crippen molar-refractivity contribution in [2.45, 2.75) is 70.8 Å². The second-order valence-electron chi connectivity index (χ2n) is 9.11. The molecule has 7 heteroatoms. The standard InChI is InChI=1S/C25H34N4O3/c1-3-17(4-2)23(30)26-21-16-19(25(31)29-13-9-6-10-14-29)15-20(21)24-27-22(28-32-24)18-11-7-5-8-12-18/h5,7-8,11-12,17,19-21H,3-4,6,9-10,13-16H2,1-2H3,(H,26,30). The average molecular weight is 439 g/mol. The molecule has 172 valence electrons. The summed E-state index contributed by atoms with van der Waals surface area (Å²) in [6.45, 7) is 5.74. The molecule has 32 heavy (non-hydrogen) atoms. The Kier molecular flexibility index (Phi) is 7.22. The molecule has 0 radical (unpaired) electrons. The molecule has 1 saturated heterocycles. The minimum atomic E-state index is -0.175. The first-order valence-corrected chi connectivity index (χ1v) is 12.1. The summed E-state index contributed by atoms with van der Waals surface area (Å²) in [6.07, 6.45) is 6.18. The number of likely N-dealkylation sites (tertiary alicyclic amines) is 1. The number of aromatic nitrogens is 2. The molecule has 2 heterocycles. The van der Waals surface area contributed by atoms with E-state index in [0.29, 0.717) is 24.6 Å². The molecule has 3 unspecified atom stereocenters. The van der Waals surface area contributed by atoms with Crippen molar-refractivity contribution in [1.82, 2.24) is 20.4 Å². The van der Waals surface area contributed by atoms with Gasteiger partial charge in [-0.1, -0.05) is 49.3 Å². The van der Waals surface area contributed by atoms with Gasteiger partial charge in [0.15, 0.2) is 0 Å². The zero-order valence-electron chi connectivity index (χ0n) is 19.1. The SMILES string of the molecule is CCC(CC)C(=O)NC1CC(C(=O)N2CCCCC2)CC1c1nc(-c2ccccc2)no1. The van der Waals surface area contributed by atoms with Crippen LogP contribution < -0.4 is 5.32 Å². The van der Waals surface area contributed by atoms with Crippen LogP contribution in [-0.2, 0) is 9.59 Å². The Bertz CT molecular complexity index is 903. The molecule has 0 bridgehead atoms. The van der Waals surface area contributed by atoms with Crippen molar-refractivity contribution in [3.63, 3.8) is 0 Å². The number of amides is 2. The van der Waals surface area contributed by atoms with Crippen molar-refractivity contribution in [3.8, 4) is 11.4 Å². The molecule has 7 nitrogen and oxygen atoms in total. The minimum absolute atomic E-state index is 0.0185. The number of benzene rings is 1. The summed E-state index contributed by atoms with van der Waals surface area (Å²) in [4.78, 5) is 32.8. The number of carbonyl (C=O) groups excluding carboxylic acids is 2. The number of rotatable bonds is 7. The molecule has 1 aromatic carbocycles. The van der Waals surface area contributed by atoms with Gasteiger partial charge in [0.05, 0.1) is 5.92 Å². The third-order valence-corrected chi connectivity index (χ3v) is 7.05. The van der Waals surface area contributed by atoms with Crippen LogP contribution in [0.1, 0.15) is 70.6 Å². The van der Waals surface area contributed by atoms with Gasteiger partial charge in [-0.25, -0.2) is 0 Å². The third kappa shape index (κ3) is 4.87. The summed E-state index contributed by atoms with van der Waals surface area (Å²) in [5, 5.41) is 7.41. The highest BCUT2D eigenvalue weighted by Gasteiger charge is 2.44. The van der Waals surface area contributed by atoms with Crippen molar-refractivity contribution in [2.75, 3.05) is 13.1 Å². The predicted octanol–water partition coefficient (Wildman–Crippen LogP) is 4.16. The molecule has 1 aromatic heterocycles. The van der Waals surface area contributed by atoms with Crippen LogP contribution in [0.3, 0.4) is 0 Å². The first-order valence-electron chi connectivity index (χ1n) is 12.1. The van der Waals surface area contributed by atoms with Crippen molar-refractivity contribution in [1.29, 1.82) is 0 Å². The minimum Gasteiger partial charge on any atom is -0.352 e. The summed E-state index contributed by atoms with van der Waals surface area (Å²) in [7, 11) is 0. The molecule has 1 saturated carbocycles. The van der Waals surface area contributed by atoms with Gasteiger partial charge in [-0.2, -0.15) is 4.98 Å². The molecule has 1 aliphatic heterocycles. The summed E-state index contributed by atoms with van der Waals surface area (Å²) < 4.78 is 5.66. The van der Waals surface area contributed by atoms with Gasteiger partial charge in [0.25, 0.3) is 0 Å². The number of nitrogens with zero attached hydrogens (tertiary/aromatic N) is 3. The van der Waals surface area contributed by atoms with Crippen molar-refractivity contribution in [2.24, 2.45) is 11.8 Å². The maximum absolute atomic E-state index is 13.2. The van der Waals surface area contributed by atoms with E-state index in [1.165, 1.54) is 6.42 Å². The summed E-state index contributed by atoms with van der Waals surface area (Å²) in [5.41, 5.74) is 0.888. The van der Waals surface area contributed by atoms with Gasteiger partial charge >= 0.3 is 0 Å². The van der Waals surface area contributed by atoms with Gasteiger partial charge in [-0.05, 0) is 44.9 Å². The van der Waals surface area contributed by atoms with Crippen molar-refractivity contribution < 1.29 is 14.1 Å². The maximum atomic E-state index is 13.2. The van der Waals surface area contributed by atoms with Crippen LogP contribution in [0.15, 0.2) is 34.9 Å². The van der Waals surface area contributed by atoms with E-state index in [-0.39, 0.29) is 35.6 Å². The Labute approximate surface area is 189 Å². The Morgan fingerprint density at radius 1 is 1.09 bits per heavy atom. The fourth-order valence-electron chi connectivity index (χ4n) is 5.09. The Morgan fingerprint density at radius 3 is 2.50 bits per heavy atom. The Morgan fingerprint density at radius 2 is 1.81 bits per heavy atom. The highest BCUT2D eigenvalue weighted by atomic mass is 16.5. The number of hydrogen-bond acceptors (Lipinski definition) is 5. The van der Waals surface area contributed by atoms with Crippen molar-refractivity contribution in [3.05, 3.63) is 36.2 Å². The number of piperidine rings is 1. The van der Waals surface area contributed by atoms with E-state index in [9.17, 15) is 9.59 Å². The van der Waals surface area contributed by atoms with E-state index >= 15 is 0 Å². The third-order valence-electron chi connectivity index (χ3n) is 7.05. The van der Waals surface area contributed by atoms with E-state index in [2.05, 4.69) is 15.5 Å².